The first kappa shape index (κ1) is 16.1. The molecular weight excluding hydrogens is 324 g/mol. The van der Waals surface area contributed by atoms with Gasteiger partial charge in [0.1, 0.15) is 0 Å². The summed E-state index contributed by atoms with van der Waals surface area (Å²) in [6.07, 6.45) is -8.45. The average molecular weight is 337 g/mol. The lowest BCUT2D eigenvalue weighted by Gasteiger charge is -2.22. The number of hydrogen-bond donors (Lipinski definition) is 0. The molecule has 8 heteroatoms. The van der Waals surface area contributed by atoms with Crippen LogP contribution in [-0.4, -0.2) is 23.4 Å². The molecule has 3 rings (SSSR count). The number of rotatable bonds is 1. The molecule has 0 N–H and O–H groups in total. The summed E-state index contributed by atoms with van der Waals surface area (Å²) >= 11 is 0. The maximum absolute atomic E-state index is 12.9. The van der Waals surface area contributed by atoms with Gasteiger partial charge < -0.3 is 4.90 Å². The van der Waals surface area contributed by atoms with E-state index in [-0.39, 0.29) is 30.0 Å². The van der Waals surface area contributed by atoms with Crippen molar-refractivity contribution in [2.45, 2.75) is 43.6 Å². The second-order valence-corrected chi connectivity index (χ2v) is 5.95. The topological polar surface area (TPSA) is 20.3 Å². The Morgan fingerprint density at radius 1 is 0.957 bits per heavy atom. The van der Waals surface area contributed by atoms with Gasteiger partial charge in [0, 0.05) is 24.9 Å². The minimum atomic E-state index is -4.87. The molecule has 1 aromatic carbocycles. The summed E-state index contributed by atoms with van der Waals surface area (Å²) in [5.41, 5.74) is -2.72. The molecule has 0 bridgehead atoms. The summed E-state index contributed by atoms with van der Waals surface area (Å²) in [6.45, 7) is 0.519. The van der Waals surface area contributed by atoms with Gasteiger partial charge in [-0.05, 0) is 36.6 Å². The maximum Gasteiger partial charge on any atom is 0.416 e. The highest BCUT2D eigenvalue weighted by molar-refractivity contribution is 5.81. The molecule has 2 heterocycles. The van der Waals surface area contributed by atoms with Crippen LogP contribution in [0.3, 0.4) is 0 Å². The number of amides is 1. The van der Waals surface area contributed by atoms with Crippen LogP contribution in [0.15, 0.2) is 18.2 Å². The van der Waals surface area contributed by atoms with E-state index in [1.807, 2.05) is 0 Å². The smallest absolute Gasteiger partial charge is 0.339 e. The van der Waals surface area contributed by atoms with E-state index in [0.29, 0.717) is 13.0 Å². The van der Waals surface area contributed by atoms with E-state index in [0.717, 1.165) is 18.6 Å². The zero-order chi connectivity index (χ0) is 17.0. The monoisotopic (exact) mass is 337 g/mol. The van der Waals surface area contributed by atoms with Crippen molar-refractivity contribution in [3.63, 3.8) is 0 Å². The van der Waals surface area contributed by atoms with Gasteiger partial charge in [-0.2, -0.15) is 26.3 Å². The SMILES string of the molecule is O=C1C[C@H](c2cc(C(F)(F)F)cc(C(F)(F)F)c2)[C@@H]2CCCN12. The Bertz CT molecular complexity index is 604. The second-order valence-electron chi connectivity index (χ2n) is 5.95. The Labute approximate surface area is 128 Å². The first-order valence-electron chi connectivity index (χ1n) is 7.16. The highest BCUT2D eigenvalue weighted by atomic mass is 19.4. The van der Waals surface area contributed by atoms with Crippen LogP contribution in [0.4, 0.5) is 26.3 Å². The highest BCUT2D eigenvalue weighted by Crippen LogP contribution is 2.43. The lowest BCUT2D eigenvalue weighted by molar-refractivity contribution is -0.143. The van der Waals surface area contributed by atoms with Gasteiger partial charge in [-0.1, -0.05) is 0 Å². The lowest BCUT2D eigenvalue weighted by Crippen LogP contribution is -2.28. The van der Waals surface area contributed by atoms with Gasteiger partial charge >= 0.3 is 12.4 Å². The van der Waals surface area contributed by atoms with Crippen molar-refractivity contribution < 1.29 is 31.1 Å². The molecule has 23 heavy (non-hydrogen) atoms. The number of nitrogens with zero attached hydrogens (tertiary/aromatic N) is 1. The van der Waals surface area contributed by atoms with Crippen LogP contribution >= 0.6 is 0 Å². The van der Waals surface area contributed by atoms with E-state index in [1.54, 1.807) is 4.90 Å². The highest BCUT2D eigenvalue weighted by Gasteiger charge is 2.45. The van der Waals surface area contributed by atoms with Crippen LogP contribution in [0.2, 0.25) is 0 Å². The number of halogens is 6. The molecule has 0 spiro atoms. The van der Waals surface area contributed by atoms with Crippen molar-refractivity contribution in [2.24, 2.45) is 0 Å². The second kappa shape index (κ2) is 5.14. The Balaban J connectivity index is 2.06. The summed E-state index contributed by atoms with van der Waals surface area (Å²) in [6, 6.07) is 1.31. The maximum atomic E-state index is 12.9. The zero-order valence-electron chi connectivity index (χ0n) is 11.8. The molecule has 2 saturated heterocycles. The van der Waals surface area contributed by atoms with Gasteiger partial charge in [-0.15, -0.1) is 0 Å². The fourth-order valence-corrected chi connectivity index (χ4v) is 3.49. The van der Waals surface area contributed by atoms with E-state index in [4.69, 9.17) is 0 Å². The van der Waals surface area contributed by atoms with Crippen LogP contribution < -0.4 is 0 Å². The van der Waals surface area contributed by atoms with E-state index in [9.17, 15) is 31.1 Å². The van der Waals surface area contributed by atoms with Gasteiger partial charge in [-0.25, -0.2) is 0 Å². The van der Waals surface area contributed by atoms with Gasteiger partial charge in [-0.3, -0.25) is 4.79 Å². The summed E-state index contributed by atoms with van der Waals surface area (Å²) in [4.78, 5) is 13.5. The molecule has 0 saturated carbocycles. The predicted octanol–water partition coefficient (Wildman–Crippen LogP) is 4.20. The van der Waals surface area contributed by atoms with E-state index in [1.165, 1.54) is 0 Å². The van der Waals surface area contributed by atoms with Gasteiger partial charge in [0.15, 0.2) is 0 Å². The number of alkyl halides is 6. The van der Waals surface area contributed by atoms with Gasteiger partial charge in [0.05, 0.1) is 11.1 Å². The molecule has 2 atom stereocenters. The quantitative estimate of drug-likeness (QED) is 0.703. The van der Waals surface area contributed by atoms with Crippen LogP contribution in [0.5, 0.6) is 0 Å². The number of benzene rings is 1. The summed E-state index contributed by atoms with van der Waals surface area (Å²) in [5, 5.41) is 0. The molecule has 0 aromatic heterocycles. The Kier molecular flexibility index (Phi) is 3.61. The zero-order valence-corrected chi connectivity index (χ0v) is 11.8. The molecule has 126 valence electrons. The third kappa shape index (κ3) is 2.90. The number of fused-ring (bicyclic) bond motifs is 1. The average Bonchev–Trinajstić information content (AvgIpc) is 3.01. The molecule has 1 amide bonds. The third-order valence-electron chi connectivity index (χ3n) is 4.52. The minimum Gasteiger partial charge on any atom is -0.339 e. The summed E-state index contributed by atoms with van der Waals surface area (Å²) in [5.74, 6) is -0.822. The van der Waals surface area contributed by atoms with E-state index >= 15 is 0 Å². The lowest BCUT2D eigenvalue weighted by atomic mass is 9.88. The molecule has 2 fully saturated rings. The molecular formula is C15H13F6NO. The number of carbonyl (C=O) groups excluding carboxylic acids is 1. The molecule has 2 aliphatic heterocycles. The predicted molar refractivity (Wildman–Crippen MR) is 68.5 cm³/mol. The summed E-state index contributed by atoms with van der Waals surface area (Å²) in [7, 11) is 0. The Morgan fingerprint density at radius 3 is 2.04 bits per heavy atom. The number of carbonyl (C=O) groups is 1. The van der Waals surface area contributed by atoms with Crippen LogP contribution in [-0.2, 0) is 17.1 Å². The van der Waals surface area contributed by atoms with E-state index in [2.05, 4.69) is 0 Å². The van der Waals surface area contributed by atoms with Crippen molar-refractivity contribution >= 4 is 5.91 Å². The normalized spacial score (nSPS) is 25.1. The van der Waals surface area contributed by atoms with E-state index < -0.39 is 29.4 Å². The molecule has 1 aromatic rings. The van der Waals surface area contributed by atoms with Crippen LogP contribution in [0.25, 0.3) is 0 Å². The van der Waals surface area contributed by atoms with Crippen molar-refractivity contribution in [2.75, 3.05) is 6.54 Å². The largest absolute Gasteiger partial charge is 0.416 e. The third-order valence-corrected chi connectivity index (χ3v) is 4.52. The van der Waals surface area contributed by atoms with Crippen molar-refractivity contribution in [3.05, 3.63) is 34.9 Å². The minimum absolute atomic E-state index is 0.0384. The summed E-state index contributed by atoms with van der Waals surface area (Å²) < 4.78 is 77.5. The van der Waals surface area contributed by atoms with Gasteiger partial charge in [0.25, 0.3) is 0 Å². The first-order chi connectivity index (χ1) is 10.6. The molecule has 0 unspecified atom stereocenters. The van der Waals surface area contributed by atoms with Gasteiger partial charge in [0.2, 0.25) is 5.91 Å². The molecule has 2 nitrogen and oxygen atoms in total. The molecule has 2 aliphatic rings. The molecule has 0 aliphatic carbocycles. The van der Waals surface area contributed by atoms with Crippen molar-refractivity contribution in [1.29, 1.82) is 0 Å². The van der Waals surface area contributed by atoms with Crippen LogP contribution in [0, 0.1) is 0 Å². The fourth-order valence-electron chi connectivity index (χ4n) is 3.49. The Hall–Kier alpha value is -1.73. The molecule has 0 radical (unpaired) electrons. The fraction of sp³-hybridized carbons (Fsp3) is 0.533. The van der Waals surface area contributed by atoms with Crippen LogP contribution in [0.1, 0.15) is 41.9 Å². The Morgan fingerprint density at radius 2 is 1.52 bits per heavy atom. The first-order valence-corrected chi connectivity index (χ1v) is 7.16. The van der Waals surface area contributed by atoms with Crippen molar-refractivity contribution in [1.82, 2.24) is 4.90 Å². The standard InChI is InChI=1S/C15H13F6NO/c16-14(17,18)9-4-8(5-10(6-9)15(19,20)21)11-7-13(23)22-3-1-2-12(11)22/h4-6,11-12H,1-3,7H2/t11-,12+/m1/s1. The van der Waals surface area contributed by atoms with Crippen molar-refractivity contribution in [3.8, 4) is 0 Å². The number of hydrogen-bond acceptors (Lipinski definition) is 1.